The Balaban J connectivity index is 2.24. The Morgan fingerprint density at radius 3 is 2.00 bits per heavy atom. The van der Waals surface area contributed by atoms with E-state index in [4.69, 9.17) is 14.2 Å². The van der Waals surface area contributed by atoms with Crippen molar-refractivity contribution in [3.63, 3.8) is 0 Å². The molecule has 0 saturated carbocycles. The topological polar surface area (TPSA) is 56.8 Å². The van der Waals surface area contributed by atoms with Crippen LogP contribution in [0, 0.1) is 0 Å². The number of halogens is 3. The first-order valence-electron chi connectivity index (χ1n) is 8.79. The third-order valence-electron chi connectivity index (χ3n) is 4.61. The molecule has 0 saturated heterocycles. The van der Waals surface area contributed by atoms with Crippen LogP contribution in [0.5, 0.6) is 17.2 Å². The van der Waals surface area contributed by atoms with Gasteiger partial charge in [-0.15, -0.1) is 0 Å². The van der Waals surface area contributed by atoms with Crippen molar-refractivity contribution in [1.29, 1.82) is 0 Å². The highest BCUT2D eigenvalue weighted by atomic mass is 19.4. The van der Waals surface area contributed by atoms with Gasteiger partial charge in [0.15, 0.2) is 11.5 Å². The molecule has 0 radical (unpaired) electrons. The maximum absolute atomic E-state index is 13.0. The lowest BCUT2D eigenvalue weighted by atomic mass is 9.83. The SMILES string of the molecule is COc1cc(OC)c(C(=O)NCC(C)(C)c2cccc(C(F)(F)F)c2)cc1OC. The van der Waals surface area contributed by atoms with Gasteiger partial charge in [0.05, 0.1) is 32.5 Å². The first kappa shape index (κ1) is 22.4. The number of methoxy groups -OCH3 is 3. The Morgan fingerprint density at radius 2 is 1.45 bits per heavy atom. The van der Waals surface area contributed by atoms with Crippen LogP contribution >= 0.6 is 0 Å². The summed E-state index contributed by atoms with van der Waals surface area (Å²) < 4.78 is 54.7. The molecular weight excluding hydrogens is 387 g/mol. The van der Waals surface area contributed by atoms with Gasteiger partial charge in [-0.3, -0.25) is 4.79 Å². The molecule has 1 amide bonds. The van der Waals surface area contributed by atoms with Gasteiger partial charge in [-0.25, -0.2) is 0 Å². The second kappa shape index (κ2) is 8.63. The molecule has 0 bridgehead atoms. The standard InChI is InChI=1S/C21H24F3NO4/c1-20(2,13-7-6-8-14(9-13)21(22,23)24)12-25-19(26)15-10-17(28-4)18(29-5)11-16(15)27-3/h6-11H,12H2,1-5H3,(H,25,26). The van der Waals surface area contributed by atoms with Crippen molar-refractivity contribution in [3.8, 4) is 17.2 Å². The van der Waals surface area contributed by atoms with Crippen LogP contribution in [0.4, 0.5) is 13.2 Å². The molecule has 0 aliphatic rings. The predicted octanol–water partition coefficient (Wildman–Crippen LogP) is 4.44. The average molecular weight is 411 g/mol. The number of benzene rings is 2. The van der Waals surface area contributed by atoms with Gasteiger partial charge in [0.2, 0.25) is 0 Å². The highest BCUT2D eigenvalue weighted by Gasteiger charge is 2.32. The second-order valence-corrected chi connectivity index (χ2v) is 7.05. The molecule has 5 nitrogen and oxygen atoms in total. The van der Waals surface area contributed by atoms with Crippen LogP contribution in [0.2, 0.25) is 0 Å². The molecule has 2 aromatic carbocycles. The number of rotatable bonds is 7. The monoisotopic (exact) mass is 411 g/mol. The first-order valence-corrected chi connectivity index (χ1v) is 8.79. The van der Waals surface area contributed by atoms with Crippen molar-refractivity contribution in [2.45, 2.75) is 25.4 Å². The molecule has 2 rings (SSSR count). The fourth-order valence-corrected chi connectivity index (χ4v) is 2.82. The molecule has 0 aliphatic carbocycles. The number of carbonyl (C=O) groups is 1. The van der Waals surface area contributed by atoms with Crippen molar-refractivity contribution in [1.82, 2.24) is 5.32 Å². The Hall–Kier alpha value is -2.90. The van der Waals surface area contributed by atoms with Crippen LogP contribution < -0.4 is 19.5 Å². The maximum Gasteiger partial charge on any atom is 0.416 e. The summed E-state index contributed by atoms with van der Waals surface area (Å²) in [6.45, 7) is 3.63. The van der Waals surface area contributed by atoms with Crippen molar-refractivity contribution >= 4 is 5.91 Å². The molecule has 158 valence electrons. The quantitative estimate of drug-likeness (QED) is 0.732. The van der Waals surface area contributed by atoms with E-state index in [-0.39, 0.29) is 17.9 Å². The Labute approximate surface area is 167 Å². The van der Waals surface area contributed by atoms with Crippen molar-refractivity contribution in [3.05, 3.63) is 53.1 Å². The summed E-state index contributed by atoms with van der Waals surface area (Å²) >= 11 is 0. The van der Waals surface area contributed by atoms with Crippen LogP contribution in [0.25, 0.3) is 0 Å². The van der Waals surface area contributed by atoms with Crippen molar-refractivity contribution < 1.29 is 32.2 Å². The van der Waals surface area contributed by atoms with Crippen molar-refractivity contribution in [2.75, 3.05) is 27.9 Å². The Bertz CT molecular complexity index is 879. The minimum atomic E-state index is -4.43. The second-order valence-electron chi connectivity index (χ2n) is 7.05. The van der Waals surface area contributed by atoms with E-state index in [2.05, 4.69) is 5.32 Å². The highest BCUT2D eigenvalue weighted by molar-refractivity contribution is 5.97. The van der Waals surface area contributed by atoms with Gasteiger partial charge < -0.3 is 19.5 Å². The summed E-state index contributed by atoms with van der Waals surface area (Å²) in [5.74, 6) is 0.612. The fraction of sp³-hybridized carbons (Fsp3) is 0.381. The van der Waals surface area contributed by atoms with Crippen LogP contribution in [-0.2, 0) is 11.6 Å². The van der Waals surface area contributed by atoms with Gasteiger partial charge in [-0.05, 0) is 11.6 Å². The fourth-order valence-electron chi connectivity index (χ4n) is 2.82. The summed E-state index contributed by atoms with van der Waals surface area (Å²) in [5, 5.41) is 2.76. The van der Waals surface area contributed by atoms with E-state index >= 15 is 0 Å². The Morgan fingerprint density at radius 1 is 0.897 bits per heavy atom. The van der Waals surface area contributed by atoms with Gasteiger partial charge in [0, 0.05) is 24.1 Å². The number of hydrogen-bond acceptors (Lipinski definition) is 4. The van der Waals surface area contributed by atoms with Crippen LogP contribution in [0.15, 0.2) is 36.4 Å². The molecule has 1 N–H and O–H groups in total. The normalized spacial score (nSPS) is 11.7. The molecule has 0 atom stereocenters. The number of carbonyl (C=O) groups excluding carboxylic acids is 1. The molecule has 29 heavy (non-hydrogen) atoms. The molecule has 0 heterocycles. The lowest BCUT2D eigenvalue weighted by molar-refractivity contribution is -0.137. The molecule has 0 aromatic heterocycles. The lowest BCUT2D eigenvalue weighted by Gasteiger charge is -2.26. The summed E-state index contributed by atoms with van der Waals surface area (Å²) in [5.41, 5.74) is -0.770. The number of amides is 1. The maximum atomic E-state index is 13.0. The molecular formula is C21H24F3NO4. The van der Waals surface area contributed by atoms with Gasteiger partial charge in [0.1, 0.15) is 5.75 Å². The van der Waals surface area contributed by atoms with E-state index in [1.807, 2.05) is 0 Å². The van der Waals surface area contributed by atoms with E-state index in [1.165, 1.54) is 39.5 Å². The summed E-state index contributed by atoms with van der Waals surface area (Å²) in [6.07, 6.45) is -4.43. The van der Waals surface area contributed by atoms with Gasteiger partial charge in [-0.2, -0.15) is 13.2 Å². The van der Waals surface area contributed by atoms with E-state index in [0.717, 1.165) is 12.1 Å². The highest BCUT2D eigenvalue weighted by Crippen LogP contribution is 2.35. The number of nitrogens with one attached hydrogen (secondary N) is 1. The zero-order valence-electron chi connectivity index (χ0n) is 16.9. The zero-order chi connectivity index (χ0) is 21.8. The van der Waals surface area contributed by atoms with Crippen LogP contribution in [-0.4, -0.2) is 33.8 Å². The van der Waals surface area contributed by atoms with E-state index in [9.17, 15) is 18.0 Å². The van der Waals surface area contributed by atoms with Crippen LogP contribution in [0.3, 0.4) is 0 Å². The third-order valence-corrected chi connectivity index (χ3v) is 4.61. The first-order chi connectivity index (χ1) is 13.5. The minimum Gasteiger partial charge on any atom is -0.496 e. The molecule has 8 heteroatoms. The Kier molecular flexibility index (Phi) is 6.66. The summed E-state index contributed by atoms with van der Waals surface area (Å²) in [4.78, 5) is 12.7. The average Bonchev–Trinajstić information content (AvgIpc) is 2.70. The molecule has 0 unspecified atom stereocenters. The van der Waals surface area contributed by atoms with Gasteiger partial charge >= 0.3 is 6.18 Å². The van der Waals surface area contributed by atoms with E-state index in [1.54, 1.807) is 19.9 Å². The lowest BCUT2D eigenvalue weighted by Crippen LogP contribution is -2.37. The smallest absolute Gasteiger partial charge is 0.416 e. The predicted molar refractivity (Wildman–Crippen MR) is 103 cm³/mol. The molecule has 0 spiro atoms. The minimum absolute atomic E-state index is 0.116. The zero-order valence-corrected chi connectivity index (χ0v) is 16.9. The van der Waals surface area contributed by atoms with Gasteiger partial charge in [-0.1, -0.05) is 32.0 Å². The van der Waals surface area contributed by atoms with Crippen LogP contribution in [0.1, 0.15) is 35.3 Å². The van der Waals surface area contributed by atoms with E-state index in [0.29, 0.717) is 17.1 Å². The largest absolute Gasteiger partial charge is 0.496 e. The summed E-state index contributed by atoms with van der Waals surface area (Å²) in [6, 6.07) is 8.11. The number of ether oxygens (including phenoxy) is 3. The number of alkyl halides is 3. The third kappa shape index (κ3) is 5.13. The van der Waals surface area contributed by atoms with Crippen molar-refractivity contribution in [2.24, 2.45) is 0 Å². The number of hydrogen-bond donors (Lipinski definition) is 1. The molecule has 0 aliphatic heterocycles. The van der Waals surface area contributed by atoms with Gasteiger partial charge in [0.25, 0.3) is 5.91 Å². The van der Waals surface area contributed by atoms with E-state index < -0.39 is 23.1 Å². The molecule has 2 aromatic rings. The molecule has 0 fully saturated rings. The summed E-state index contributed by atoms with van der Waals surface area (Å²) in [7, 11) is 4.34.